The first-order chi connectivity index (χ1) is 12.3. The number of hydrogen-bond acceptors (Lipinski definition) is 6. The first-order valence-electron chi connectivity index (χ1n) is 8.04. The highest BCUT2D eigenvalue weighted by Gasteiger charge is 2.11. The van der Waals surface area contributed by atoms with Gasteiger partial charge >= 0.3 is 11.9 Å². The van der Waals surface area contributed by atoms with E-state index in [0.29, 0.717) is 11.1 Å². The number of nitro groups is 1. The van der Waals surface area contributed by atoms with Crippen LogP contribution in [0.25, 0.3) is 0 Å². The number of ether oxygens (including phenoxy) is 2. The van der Waals surface area contributed by atoms with Crippen molar-refractivity contribution < 1.29 is 24.0 Å². The van der Waals surface area contributed by atoms with Crippen molar-refractivity contribution in [1.82, 2.24) is 0 Å². The van der Waals surface area contributed by atoms with Gasteiger partial charge in [0, 0.05) is 12.1 Å². The maximum atomic E-state index is 11.9. The fourth-order valence-corrected chi connectivity index (χ4v) is 2.14. The summed E-state index contributed by atoms with van der Waals surface area (Å²) in [5, 5.41) is 10.6. The SMILES string of the molecule is CC(C)OC(=O)c1ccc(COC(=O)Cc2ccc([N+](=O)[O-])cc2)cc1. The second kappa shape index (κ2) is 8.75. The van der Waals surface area contributed by atoms with Crippen molar-refractivity contribution in [1.29, 1.82) is 0 Å². The van der Waals surface area contributed by atoms with Crippen LogP contribution in [0.1, 0.15) is 35.3 Å². The van der Waals surface area contributed by atoms with Crippen LogP contribution in [0.15, 0.2) is 48.5 Å². The lowest BCUT2D eigenvalue weighted by Gasteiger charge is -2.09. The first kappa shape index (κ1) is 19.1. The number of carbonyl (C=O) groups excluding carboxylic acids is 2. The number of non-ortho nitro benzene ring substituents is 1. The van der Waals surface area contributed by atoms with Crippen LogP contribution in [-0.4, -0.2) is 23.0 Å². The van der Waals surface area contributed by atoms with Crippen LogP contribution in [0.2, 0.25) is 0 Å². The molecule has 0 saturated carbocycles. The summed E-state index contributed by atoms with van der Waals surface area (Å²) in [6.45, 7) is 3.62. The van der Waals surface area contributed by atoms with Gasteiger partial charge in [-0.05, 0) is 37.1 Å². The van der Waals surface area contributed by atoms with Crippen molar-refractivity contribution in [2.75, 3.05) is 0 Å². The van der Waals surface area contributed by atoms with E-state index in [2.05, 4.69) is 0 Å². The Hall–Kier alpha value is -3.22. The molecule has 0 saturated heterocycles. The molecule has 2 rings (SSSR count). The summed E-state index contributed by atoms with van der Waals surface area (Å²) >= 11 is 0. The van der Waals surface area contributed by atoms with Crippen LogP contribution in [0, 0.1) is 10.1 Å². The zero-order valence-electron chi connectivity index (χ0n) is 14.5. The van der Waals surface area contributed by atoms with Gasteiger partial charge in [0.1, 0.15) is 6.61 Å². The summed E-state index contributed by atoms with van der Waals surface area (Å²) in [6, 6.07) is 12.3. The third-order valence-corrected chi connectivity index (χ3v) is 3.43. The second-order valence-electron chi connectivity index (χ2n) is 5.91. The third-order valence-electron chi connectivity index (χ3n) is 3.43. The molecule has 2 aromatic rings. The molecule has 0 unspecified atom stereocenters. The maximum Gasteiger partial charge on any atom is 0.338 e. The van der Waals surface area contributed by atoms with Crippen molar-refractivity contribution in [2.45, 2.75) is 33.0 Å². The number of hydrogen-bond donors (Lipinski definition) is 0. The summed E-state index contributed by atoms with van der Waals surface area (Å²) in [5.74, 6) is -0.844. The molecule has 0 heterocycles. The molecule has 0 aliphatic carbocycles. The molecule has 26 heavy (non-hydrogen) atoms. The Labute approximate surface area is 150 Å². The average molecular weight is 357 g/mol. The van der Waals surface area contributed by atoms with Crippen LogP contribution in [-0.2, 0) is 27.3 Å². The first-order valence-corrected chi connectivity index (χ1v) is 8.04. The van der Waals surface area contributed by atoms with Crippen LogP contribution in [0.3, 0.4) is 0 Å². The molecule has 7 heteroatoms. The van der Waals surface area contributed by atoms with Crippen molar-refractivity contribution in [3.63, 3.8) is 0 Å². The van der Waals surface area contributed by atoms with Crippen molar-refractivity contribution >= 4 is 17.6 Å². The van der Waals surface area contributed by atoms with Crippen molar-refractivity contribution in [3.05, 3.63) is 75.3 Å². The Bertz CT molecular complexity index is 781. The van der Waals surface area contributed by atoms with E-state index in [9.17, 15) is 19.7 Å². The molecule has 0 fully saturated rings. The van der Waals surface area contributed by atoms with E-state index in [4.69, 9.17) is 9.47 Å². The standard InChI is InChI=1S/C19H19NO6/c1-13(2)26-19(22)16-7-3-15(4-8-16)12-25-18(21)11-14-5-9-17(10-6-14)20(23)24/h3-10,13H,11-12H2,1-2H3. The summed E-state index contributed by atoms with van der Waals surface area (Å²) in [5.41, 5.74) is 1.77. The fraction of sp³-hybridized carbons (Fsp3) is 0.263. The summed E-state index contributed by atoms with van der Waals surface area (Å²) in [7, 11) is 0. The van der Waals surface area contributed by atoms with Gasteiger partial charge < -0.3 is 9.47 Å². The number of rotatable bonds is 7. The Balaban J connectivity index is 1.85. The van der Waals surface area contributed by atoms with Crippen LogP contribution in [0.4, 0.5) is 5.69 Å². The summed E-state index contributed by atoms with van der Waals surface area (Å²) in [6.07, 6.45) is -0.167. The second-order valence-corrected chi connectivity index (χ2v) is 5.91. The number of nitrogens with zero attached hydrogens (tertiary/aromatic N) is 1. The molecule has 136 valence electrons. The minimum Gasteiger partial charge on any atom is -0.461 e. The quantitative estimate of drug-likeness (QED) is 0.428. The maximum absolute atomic E-state index is 11.9. The molecule has 0 bridgehead atoms. The monoisotopic (exact) mass is 357 g/mol. The van der Waals surface area contributed by atoms with Crippen molar-refractivity contribution in [2.24, 2.45) is 0 Å². The molecule has 0 N–H and O–H groups in total. The van der Waals surface area contributed by atoms with E-state index in [0.717, 1.165) is 5.56 Å². The van der Waals surface area contributed by atoms with Crippen molar-refractivity contribution in [3.8, 4) is 0 Å². The minimum absolute atomic E-state index is 0.0246. The number of carbonyl (C=O) groups is 2. The molecule has 0 aromatic heterocycles. The molecule has 0 aliphatic heterocycles. The largest absolute Gasteiger partial charge is 0.461 e. The Morgan fingerprint density at radius 3 is 2.12 bits per heavy atom. The highest BCUT2D eigenvalue weighted by molar-refractivity contribution is 5.89. The van der Waals surface area contributed by atoms with Gasteiger partial charge in [-0.3, -0.25) is 14.9 Å². The Morgan fingerprint density at radius 1 is 1.00 bits per heavy atom. The molecular formula is C19H19NO6. The number of benzene rings is 2. The van der Waals surface area contributed by atoms with E-state index in [1.54, 1.807) is 38.1 Å². The van der Waals surface area contributed by atoms with Gasteiger partial charge in [-0.15, -0.1) is 0 Å². The molecule has 0 atom stereocenters. The smallest absolute Gasteiger partial charge is 0.338 e. The Kier molecular flexibility index (Phi) is 6.43. The lowest BCUT2D eigenvalue weighted by Crippen LogP contribution is -2.11. The average Bonchev–Trinajstić information content (AvgIpc) is 2.60. The summed E-state index contributed by atoms with van der Waals surface area (Å²) in [4.78, 5) is 33.7. The van der Waals surface area contributed by atoms with E-state index < -0.39 is 16.9 Å². The lowest BCUT2D eigenvalue weighted by molar-refractivity contribution is -0.384. The highest BCUT2D eigenvalue weighted by Crippen LogP contribution is 2.13. The minimum atomic E-state index is -0.497. The van der Waals surface area contributed by atoms with Gasteiger partial charge in [0.25, 0.3) is 5.69 Å². The molecule has 7 nitrogen and oxygen atoms in total. The molecule has 0 radical (unpaired) electrons. The van der Waals surface area contributed by atoms with Crippen LogP contribution >= 0.6 is 0 Å². The predicted octanol–water partition coefficient (Wildman–Crippen LogP) is 3.45. The fourth-order valence-electron chi connectivity index (χ4n) is 2.14. The number of esters is 2. The summed E-state index contributed by atoms with van der Waals surface area (Å²) < 4.78 is 10.3. The van der Waals surface area contributed by atoms with Gasteiger partial charge in [0.15, 0.2) is 0 Å². The van der Waals surface area contributed by atoms with Crippen LogP contribution in [0.5, 0.6) is 0 Å². The van der Waals surface area contributed by atoms with Gasteiger partial charge in [-0.25, -0.2) is 4.79 Å². The van der Waals surface area contributed by atoms with E-state index in [1.807, 2.05) is 0 Å². The van der Waals surface area contributed by atoms with Gasteiger partial charge in [0.2, 0.25) is 0 Å². The van der Waals surface area contributed by atoms with E-state index >= 15 is 0 Å². The van der Waals surface area contributed by atoms with Gasteiger partial charge in [0.05, 0.1) is 23.0 Å². The molecule has 0 spiro atoms. The van der Waals surface area contributed by atoms with E-state index in [1.165, 1.54) is 24.3 Å². The molecule has 0 amide bonds. The topological polar surface area (TPSA) is 95.7 Å². The zero-order valence-corrected chi connectivity index (χ0v) is 14.5. The van der Waals surface area contributed by atoms with Gasteiger partial charge in [-0.2, -0.15) is 0 Å². The lowest BCUT2D eigenvalue weighted by atomic mass is 10.1. The highest BCUT2D eigenvalue weighted by atomic mass is 16.6. The molecular weight excluding hydrogens is 338 g/mol. The number of nitro benzene ring substituents is 1. The molecule has 2 aromatic carbocycles. The predicted molar refractivity (Wildman–Crippen MR) is 93.6 cm³/mol. The normalized spacial score (nSPS) is 10.4. The van der Waals surface area contributed by atoms with Crippen LogP contribution < -0.4 is 0 Å². The van der Waals surface area contributed by atoms with E-state index in [-0.39, 0.29) is 24.8 Å². The Morgan fingerprint density at radius 2 is 1.58 bits per heavy atom. The third kappa shape index (κ3) is 5.70. The molecule has 0 aliphatic rings. The van der Waals surface area contributed by atoms with Gasteiger partial charge in [-0.1, -0.05) is 24.3 Å². The zero-order chi connectivity index (χ0) is 19.1.